The Kier molecular flexibility index (Phi) is 9.57. The summed E-state index contributed by atoms with van der Waals surface area (Å²) < 4.78 is 0. The highest BCUT2D eigenvalue weighted by Crippen LogP contribution is 2.29. The molecule has 10 heteroatoms. The Labute approximate surface area is 198 Å². The predicted octanol–water partition coefficient (Wildman–Crippen LogP) is 1.88. The van der Waals surface area contributed by atoms with Crippen molar-refractivity contribution in [1.29, 1.82) is 0 Å². The average molecular weight is 470 g/mol. The van der Waals surface area contributed by atoms with Crippen molar-refractivity contribution in [2.75, 3.05) is 11.4 Å². The van der Waals surface area contributed by atoms with Gasteiger partial charge in [0.1, 0.15) is 6.04 Å². The first-order valence-corrected chi connectivity index (χ1v) is 10.9. The Morgan fingerprint density at radius 3 is 2.24 bits per heavy atom. The summed E-state index contributed by atoms with van der Waals surface area (Å²) in [5, 5.41) is 17.6. The summed E-state index contributed by atoms with van der Waals surface area (Å²) in [6, 6.07) is 14.0. The minimum atomic E-state index is -1.00. The van der Waals surface area contributed by atoms with E-state index in [2.05, 4.69) is 4.99 Å². The van der Waals surface area contributed by atoms with Crippen LogP contribution in [0.1, 0.15) is 53.6 Å². The van der Waals surface area contributed by atoms with E-state index >= 15 is 0 Å². The number of nitrogens with two attached hydrogens (primary N) is 3. The van der Waals surface area contributed by atoms with Crippen molar-refractivity contribution >= 4 is 29.5 Å². The molecule has 8 N–H and O–H groups in total. The Hall–Kier alpha value is -3.92. The number of aliphatic imine (C=N–C) groups is 1. The van der Waals surface area contributed by atoms with Crippen LogP contribution in [0.5, 0.6) is 0 Å². The normalized spacial score (nSPS) is 13.8. The largest absolute Gasteiger partial charge is 0.481 e. The maximum atomic E-state index is 12.4. The molecule has 10 nitrogen and oxygen atoms in total. The molecule has 1 aliphatic rings. The highest BCUT2D eigenvalue weighted by atomic mass is 16.4. The maximum absolute atomic E-state index is 12.4. The first-order valence-electron chi connectivity index (χ1n) is 10.9. The summed E-state index contributed by atoms with van der Waals surface area (Å²) in [6.07, 6.45) is 1.50. The molecule has 0 aromatic heterocycles. The van der Waals surface area contributed by atoms with Gasteiger partial charge in [-0.3, -0.25) is 19.4 Å². The van der Waals surface area contributed by atoms with E-state index in [1.54, 1.807) is 17.0 Å². The number of carbonyl (C=O) groups excluding carboxylic acids is 1. The molecule has 1 aliphatic heterocycles. The summed E-state index contributed by atoms with van der Waals surface area (Å²) >= 11 is 0. The Balaban J connectivity index is 0.000000292. The lowest BCUT2D eigenvalue weighted by molar-refractivity contribution is -0.139. The number of rotatable bonds is 9. The summed E-state index contributed by atoms with van der Waals surface area (Å²) in [4.78, 5) is 39.2. The van der Waals surface area contributed by atoms with Gasteiger partial charge in [-0.15, -0.1) is 0 Å². The van der Waals surface area contributed by atoms with Gasteiger partial charge in [-0.2, -0.15) is 0 Å². The van der Waals surface area contributed by atoms with Crippen LogP contribution >= 0.6 is 0 Å². The fourth-order valence-electron chi connectivity index (χ4n) is 3.55. The highest BCUT2D eigenvalue weighted by molar-refractivity contribution is 6.10. The molecule has 0 fully saturated rings. The van der Waals surface area contributed by atoms with Crippen LogP contribution in [-0.2, 0) is 16.1 Å². The molecule has 1 amide bonds. The number of anilines is 1. The highest BCUT2D eigenvalue weighted by Gasteiger charge is 2.28. The van der Waals surface area contributed by atoms with Gasteiger partial charge in [-0.05, 0) is 48.6 Å². The summed E-state index contributed by atoms with van der Waals surface area (Å²) in [5.41, 5.74) is 18.6. The van der Waals surface area contributed by atoms with Crippen LogP contribution in [0.3, 0.4) is 0 Å². The standard InChI is InChI=1S/C18H17NO3.C6H14N4O2/c1-2-15(18(21)22)12-7-9-14(10-8-12)19-11-13-5-3-4-6-16(13)17(19)20;7-4(5(11)12)2-1-3-10-6(8)9/h3-10,15H,2,11H2,1H3,(H,21,22);4H,1-3,7H2,(H,11,12)(H4,8,9,10)/t;4-/m.0/s1. The second-order valence-corrected chi connectivity index (χ2v) is 7.83. The van der Waals surface area contributed by atoms with Gasteiger partial charge in [0, 0.05) is 17.8 Å². The lowest BCUT2D eigenvalue weighted by Gasteiger charge is -2.17. The fourth-order valence-corrected chi connectivity index (χ4v) is 3.55. The van der Waals surface area contributed by atoms with Crippen LogP contribution in [0.2, 0.25) is 0 Å². The molecule has 0 aliphatic carbocycles. The summed E-state index contributed by atoms with van der Waals surface area (Å²) in [7, 11) is 0. The van der Waals surface area contributed by atoms with Gasteiger partial charge in [0.05, 0.1) is 12.5 Å². The monoisotopic (exact) mass is 469 g/mol. The van der Waals surface area contributed by atoms with E-state index in [9.17, 15) is 19.5 Å². The van der Waals surface area contributed by atoms with E-state index in [0.29, 0.717) is 32.4 Å². The van der Waals surface area contributed by atoms with Crippen molar-refractivity contribution < 1.29 is 24.6 Å². The number of carbonyl (C=O) groups is 3. The van der Waals surface area contributed by atoms with Crippen LogP contribution in [-0.4, -0.2) is 46.6 Å². The molecular formula is C24H31N5O5. The lowest BCUT2D eigenvalue weighted by atomic mass is 9.96. The topological polar surface area (TPSA) is 185 Å². The molecule has 2 aromatic carbocycles. The molecule has 34 heavy (non-hydrogen) atoms. The van der Waals surface area contributed by atoms with E-state index in [1.807, 2.05) is 43.3 Å². The van der Waals surface area contributed by atoms with Crippen molar-refractivity contribution in [1.82, 2.24) is 0 Å². The van der Waals surface area contributed by atoms with Crippen LogP contribution < -0.4 is 22.1 Å². The van der Waals surface area contributed by atoms with Gasteiger partial charge in [0.25, 0.3) is 5.91 Å². The number of hydrogen-bond donors (Lipinski definition) is 5. The molecule has 1 heterocycles. The van der Waals surface area contributed by atoms with Gasteiger partial charge in [0.15, 0.2) is 5.96 Å². The van der Waals surface area contributed by atoms with Gasteiger partial charge < -0.3 is 32.3 Å². The Bertz CT molecular complexity index is 1030. The second kappa shape index (κ2) is 12.4. The first-order chi connectivity index (χ1) is 16.1. The van der Waals surface area contributed by atoms with Crippen molar-refractivity contribution in [3.63, 3.8) is 0 Å². The fraction of sp³-hybridized carbons (Fsp3) is 0.333. The predicted molar refractivity (Wildman–Crippen MR) is 130 cm³/mol. The average Bonchev–Trinajstić information content (AvgIpc) is 3.14. The molecule has 0 saturated heterocycles. The van der Waals surface area contributed by atoms with E-state index in [-0.39, 0.29) is 11.9 Å². The molecule has 0 saturated carbocycles. The number of aliphatic carboxylic acids is 2. The van der Waals surface area contributed by atoms with E-state index < -0.39 is 23.9 Å². The van der Waals surface area contributed by atoms with E-state index in [0.717, 1.165) is 22.4 Å². The van der Waals surface area contributed by atoms with Crippen molar-refractivity contribution in [2.45, 2.75) is 44.7 Å². The van der Waals surface area contributed by atoms with Crippen LogP contribution in [0.4, 0.5) is 5.69 Å². The Morgan fingerprint density at radius 1 is 1.06 bits per heavy atom. The number of benzene rings is 2. The third-order valence-corrected chi connectivity index (χ3v) is 5.42. The minimum Gasteiger partial charge on any atom is -0.481 e. The molecule has 1 unspecified atom stereocenters. The smallest absolute Gasteiger partial charge is 0.320 e. The molecular weight excluding hydrogens is 438 g/mol. The lowest BCUT2D eigenvalue weighted by Crippen LogP contribution is -2.30. The number of nitrogens with zero attached hydrogens (tertiary/aromatic N) is 2. The molecule has 0 radical (unpaired) electrons. The van der Waals surface area contributed by atoms with Gasteiger partial charge in [-0.25, -0.2) is 0 Å². The van der Waals surface area contributed by atoms with Crippen molar-refractivity contribution in [3.8, 4) is 0 Å². The maximum Gasteiger partial charge on any atom is 0.320 e. The van der Waals surface area contributed by atoms with Crippen LogP contribution in [0, 0.1) is 0 Å². The molecule has 0 bridgehead atoms. The quantitative estimate of drug-likeness (QED) is 0.209. The van der Waals surface area contributed by atoms with Crippen molar-refractivity contribution in [2.24, 2.45) is 22.2 Å². The third-order valence-electron chi connectivity index (χ3n) is 5.42. The molecule has 2 aromatic rings. The molecule has 2 atom stereocenters. The van der Waals surface area contributed by atoms with Gasteiger partial charge >= 0.3 is 11.9 Å². The van der Waals surface area contributed by atoms with E-state index in [1.165, 1.54) is 0 Å². The van der Waals surface area contributed by atoms with E-state index in [4.69, 9.17) is 22.3 Å². The number of fused-ring (bicyclic) bond motifs is 1. The number of hydrogen-bond acceptors (Lipinski definition) is 5. The van der Waals surface area contributed by atoms with Gasteiger partial charge in [0.2, 0.25) is 0 Å². The van der Waals surface area contributed by atoms with Crippen LogP contribution in [0.25, 0.3) is 0 Å². The number of carboxylic acid groups (broad SMARTS) is 2. The molecule has 0 spiro atoms. The zero-order valence-electron chi connectivity index (χ0n) is 19.1. The van der Waals surface area contributed by atoms with Crippen LogP contribution in [0.15, 0.2) is 53.5 Å². The molecule has 182 valence electrons. The number of amides is 1. The summed E-state index contributed by atoms with van der Waals surface area (Å²) in [5.74, 6) is -2.31. The number of guanidine groups is 1. The first kappa shape index (κ1) is 26.3. The number of carboxylic acids is 2. The Morgan fingerprint density at radius 2 is 1.71 bits per heavy atom. The van der Waals surface area contributed by atoms with Gasteiger partial charge in [-0.1, -0.05) is 37.3 Å². The van der Waals surface area contributed by atoms with Crippen molar-refractivity contribution in [3.05, 3.63) is 65.2 Å². The zero-order valence-corrected chi connectivity index (χ0v) is 19.1. The molecule has 3 rings (SSSR count). The summed E-state index contributed by atoms with van der Waals surface area (Å²) in [6.45, 7) is 2.83. The minimum absolute atomic E-state index is 0.00590. The zero-order chi connectivity index (χ0) is 25.3. The SMILES string of the molecule is CCC(C(=O)O)c1ccc(N2Cc3ccccc3C2=O)cc1.NC(N)=NCCC[C@H](N)C(=O)O. The second-order valence-electron chi connectivity index (χ2n) is 7.83. The third kappa shape index (κ3) is 7.04.